The standard InChI is InChI=1S/C13H14FN3/c1-3-15-12-7-9(2)13(17-16-12)10-5-4-6-11(14)8-10/h4-8H,3H2,1-2H3,(H,15,16). The van der Waals surface area contributed by atoms with Gasteiger partial charge in [-0.2, -0.15) is 0 Å². The maximum Gasteiger partial charge on any atom is 0.148 e. The highest BCUT2D eigenvalue weighted by Gasteiger charge is 2.06. The molecule has 1 N–H and O–H groups in total. The van der Waals surface area contributed by atoms with E-state index in [1.165, 1.54) is 12.1 Å². The Morgan fingerprint density at radius 3 is 2.71 bits per heavy atom. The van der Waals surface area contributed by atoms with Crippen LogP contribution in [0.3, 0.4) is 0 Å². The predicted molar refractivity (Wildman–Crippen MR) is 66.3 cm³/mol. The number of halogens is 1. The zero-order valence-electron chi connectivity index (χ0n) is 9.87. The van der Waals surface area contributed by atoms with Gasteiger partial charge in [0.15, 0.2) is 0 Å². The molecular weight excluding hydrogens is 217 g/mol. The summed E-state index contributed by atoms with van der Waals surface area (Å²) in [6.45, 7) is 4.74. The summed E-state index contributed by atoms with van der Waals surface area (Å²) >= 11 is 0. The average molecular weight is 231 g/mol. The molecule has 1 heterocycles. The number of hydrogen-bond donors (Lipinski definition) is 1. The summed E-state index contributed by atoms with van der Waals surface area (Å²) in [5, 5.41) is 11.3. The molecule has 0 aliphatic carbocycles. The molecule has 1 aromatic heterocycles. The SMILES string of the molecule is CCNc1cc(C)c(-c2cccc(F)c2)nn1. The first-order chi connectivity index (χ1) is 8.20. The summed E-state index contributed by atoms with van der Waals surface area (Å²) in [7, 11) is 0. The Labute approximate surface area is 99.7 Å². The van der Waals surface area contributed by atoms with Crippen molar-refractivity contribution in [3.63, 3.8) is 0 Å². The van der Waals surface area contributed by atoms with Crippen LogP contribution in [0.4, 0.5) is 10.2 Å². The third kappa shape index (κ3) is 2.58. The van der Waals surface area contributed by atoms with Crippen LogP contribution in [0.2, 0.25) is 0 Å². The number of benzene rings is 1. The van der Waals surface area contributed by atoms with Crippen LogP contribution in [0.15, 0.2) is 30.3 Å². The highest BCUT2D eigenvalue weighted by atomic mass is 19.1. The molecule has 0 saturated heterocycles. The van der Waals surface area contributed by atoms with Crippen LogP contribution in [-0.4, -0.2) is 16.7 Å². The molecule has 4 heteroatoms. The lowest BCUT2D eigenvalue weighted by Gasteiger charge is -2.07. The summed E-state index contributed by atoms with van der Waals surface area (Å²) in [5.41, 5.74) is 2.44. The molecule has 0 fully saturated rings. The van der Waals surface area contributed by atoms with E-state index in [0.29, 0.717) is 5.69 Å². The maximum atomic E-state index is 13.1. The predicted octanol–water partition coefficient (Wildman–Crippen LogP) is 3.02. The van der Waals surface area contributed by atoms with Gasteiger partial charge in [0.2, 0.25) is 0 Å². The summed E-state index contributed by atoms with van der Waals surface area (Å²) in [6, 6.07) is 8.29. The Hall–Kier alpha value is -1.97. The van der Waals surface area contributed by atoms with E-state index >= 15 is 0 Å². The number of rotatable bonds is 3. The topological polar surface area (TPSA) is 37.8 Å². The molecule has 3 nitrogen and oxygen atoms in total. The molecule has 0 radical (unpaired) electrons. The van der Waals surface area contributed by atoms with Crippen molar-refractivity contribution in [1.82, 2.24) is 10.2 Å². The van der Waals surface area contributed by atoms with Gasteiger partial charge in [-0.3, -0.25) is 0 Å². The number of aromatic nitrogens is 2. The van der Waals surface area contributed by atoms with E-state index in [-0.39, 0.29) is 5.82 Å². The van der Waals surface area contributed by atoms with Gasteiger partial charge >= 0.3 is 0 Å². The second-order valence-corrected chi connectivity index (χ2v) is 3.80. The van der Waals surface area contributed by atoms with E-state index in [2.05, 4.69) is 15.5 Å². The molecule has 2 aromatic rings. The lowest BCUT2D eigenvalue weighted by Crippen LogP contribution is -2.02. The highest BCUT2D eigenvalue weighted by Crippen LogP contribution is 2.22. The first kappa shape index (κ1) is 11.5. The number of nitrogens with zero attached hydrogens (tertiary/aromatic N) is 2. The molecule has 17 heavy (non-hydrogen) atoms. The summed E-state index contributed by atoms with van der Waals surface area (Å²) < 4.78 is 13.1. The molecule has 0 amide bonds. The van der Waals surface area contributed by atoms with Crippen molar-refractivity contribution in [1.29, 1.82) is 0 Å². The molecule has 1 aromatic carbocycles. The molecule has 0 spiro atoms. The van der Waals surface area contributed by atoms with E-state index in [9.17, 15) is 4.39 Å². The van der Waals surface area contributed by atoms with Gasteiger partial charge in [-0.15, -0.1) is 10.2 Å². The molecule has 2 rings (SSSR count). The molecule has 88 valence electrons. The van der Waals surface area contributed by atoms with Gasteiger partial charge < -0.3 is 5.32 Å². The minimum Gasteiger partial charge on any atom is -0.369 e. The number of aryl methyl sites for hydroxylation is 1. The van der Waals surface area contributed by atoms with E-state index in [4.69, 9.17) is 0 Å². The molecular formula is C13H14FN3. The third-order valence-electron chi connectivity index (χ3n) is 2.44. The van der Waals surface area contributed by atoms with Crippen molar-refractivity contribution in [3.8, 4) is 11.3 Å². The van der Waals surface area contributed by atoms with Crippen molar-refractivity contribution in [3.05, 3.63) is 41.7 Å². The number of hydrogen-bond acceptors (Lipinski definition) is 3. The average Bonchev–Trinajstić information content (AvgIpc) is 2.29. The fourth-order valence-corrected chi connectivity index (χ4v) is 1.67. The second kappa shape index (κ2) is 4.91. The molecule has 0 bridgehead atoms. The summed E-state index contributed by atoms with van der Waals surface area (Å²) in [4.78, 5) is 0. The quantitative estimate of drug-likeness (QED) is 0.882. The minimum absolute atomic E-state index is 0.264. The third-order valence-corrected chi connectivity index (χ3v) is 2.44. The lowest BCUT2D eigenvalue weighted by molar-refractivity contribution is 0.628. The molecule has 0 atom stereocenters. The largest absolute Gasteiger partial charge is 0.369 e. The summed E-state index contributed by atoms with van der Waals surface area (Å²) in [6.07, 6.45) is 0. The van der Waals surface area contributed by atoms with E-state index < -0.39 is 0 Å². The Morgan fingerprint density at radius 1 is 1.24 bits per heavy atom. The van der Waals surface area contributed by atoms with E-state index in [1.807, 2.05) is 26.0 Å². The van der Waals surface area contributed by atoms with Crippen molar-refractivity contribution < 1.29 is 4.39 Å². The fourth-order valence-electron chi connectivity index (χ4n) is 1.67. The van der Waals surface area contributed by atoms with Gasteiger partial charge in [0.1, 0.15) is 11.6 Å². The monoisotopic (exact) mass is 231 g/mol. The fraction of sp³-hybridized carbons (Fsp3) is 0.231. The van der Waals surface area contributed by atoms with Crippen LogP contribution in [0, 0.1) is 12.7 Å². The normalized spacial score (nSPS) is 10.3. The Bertz CT molecular complexity index is 526. The van der Waals surface area contributed by atoms with Crippen LogP contribution >= 0.6 is 0 Å². The maximum absolute atomic E-state index is 13.1. The van der Waals surface area contributed by atoms with Crippen LogP contribution in [0.25, 0.3) is 11.3 Å². The van der Waals surface area contributed by atoms with Gasteiger partial charge in [-0.05, 0) is 37.6 Å². The Kier molecular flexibility index (Phi) is 3.32. The zero-order chi connectivity index (χ0) is 12.3. The Balaban J connectivity index is 2.39. The van der Waals surface area contributed by atoms with Gasteiger partial charge in [-0.25, -0.2) is 4.39 Å². The lowest BCUT2D eigenvalue weighted by atomic mass is 10.1. The smallest absolute Gasteiger partial charge is 0.148 e. The molecule has 0 aliphatic rings. The van der Waals surface area contributed by atoms with Crippen LogP contribution in [0.5, 0.6) is 0 Å². The minimum atomic E-state index is -0.264. The van der Waals surface area contributed by atoms with E-state index in [0.717, 1.165) is 23.5 Å². The first-order valence-electron chi connectivity index (χ1n) is 5.55. The highest BCUT2D eigenvalue weighted by molar-refractivity contribution is 5.63. The van der Waals surface area contributed by atoms with Crippen molar-refractivity contribution in [2.24, 2.45) is 0 Å². The number of nitrogens with one attached hydrogen (secondary N) is 1. The number of anilines is 1. The zero-order valence-corrected chi connectivity index (χ0v) is 9.87. The van der Waals surface area contributed by atoms with Crippen molar-refractivity contribution in [2.45, 2.75) is 13.8 Å². The van der Waals surface area contributed by atoms with Crippen LogP contribution < -0.4 is 5.32 Å². The van der Waals surface area contributed by atoms with Crippen molar-refractivity contribution in [2.75, 3.05) is 11.9 Å². The molecule has 0 aliphatic heterocycles. The van der Waals surface area contributed by atoms with E-state index in [1.54, 1.807) is 6.07 Å². The molecule has 0 unspecified atom stereocenters. The van der Waals surface area contributed by atoms with Gasteiger partial charge in [0, 0.05) is 12.1 Å². The Morgan fingerprint density at radius 2 is 2.06 bits per heavy atom. The molecule has 0 saturated carbocycles. The second-order valence-electron chi connectivity index (χ2n) is 3.80. The summed E-state index contributed by atoms with van der Waals surface area (Å²) in [5.74, 6) is 0.476. The van der Waals surface area contributed by atoms with Gasteiger partial charge in [0.05, 0.1) is 5.69 Å². The van der Waals surface area contributed by atoms with Crippen LogP contribution in [-0.2, 0) is 0 Å². The van der Waals surface area contributed by atoms with Crippen LogP contribution in [0.1, 0.15) is 12.5 Å². The van der Waals surface area contributed by atoms with Gasteiger partial charge in [0.25, 0.3) is 0 Å². The first-order valence-corrected chi connectivity index (χ1v) is 5.55. The van der Waals surface area contributed by atoms with Gasteiger partial charge in [-0.1, -0.05) is 12.1 Å². The van der Waals surface area contributed by atoms with Crippen molar-refractivity contribution >= 4 is 5.82 Å².